The van der Waals surface area contributed by atoms with Crippen molar-refractivity contribution in [1.29, 1.82) is 0 Å². The Morgan fingerprint density at radius 1 is 1.40 bits per heavy atom. The van der Waals surface area contributed by atoms with Crippen LogP contribution in [0.3, 0.4) is 0 Å². The summed E-state index contributed by atoms with van der Waals surface area (Å²) in [5.41, 5.74) is 2.37. The summed E-state index contributed by atoms with van der Waals surface area (Å²) < 4.78 is 15.3. The van der Waals surface area contributed by atoms with Gasteiger partial charge < -0.3 is 10.6 Å². The second-order valence-corrected chi connectivity index (χ2v) is 5.05. The van der Waals surface area contributed by atoms with Gasteiger partial charge in [0, 0.05) is 18.8 Å². The minimum Gasteiger partial charge on any atom is -0.356 e. The first-order chi connectivity index (χ1) is 9.47. The molecule has 0 saturated carbocycles. The molecule has 0 aliphatic carbocycles. The van der Waals surface area contributed by atoms with Crippen molar-refractivity contribution in [3.05, 3.63) is 47.5 Å². The molecule has 20 heavy (non-hydrogen) atoms. The molecule has 0 fully saturated rings. The molecule has 0 radical (unpaired) electrons. The first-order valence-corrected chi connectivity index (χ1v) is 6.70. The van der Waals surface area contributed by atoms with Gasteiger partial charge in [0.15, 0.2) is 5.11 Å². The molecule has 0 aliphatic heterocycles. The first kappa shape index (κ1) is 14.5. The van der Waals surface area contributed by atoms with Crippen LogP contribution in [0.1, 0.15) is 24.2 Å². The average molecular weight is 292 g/mol. The summed E-state index contributed by atoms with van der Waals surface area (Å²) in [5.74, 6) is -0.332. The van der Waals surface area contributed by atoms with Crippen molar-refractivity contribution >= 4 is 23.0 Å². The van der Waals surface area contributed by atoms with Gasteiger partial charge in [0.2, 0.25) is 0 Å². The number of nitrogens with one attached hydrogen (secondary N) is 2. The molecular formula is C14H17FN4S. The molecule has 1 heterocycles. The van der Waals surface area contributed by atoms with Crippen LogP contribution >= 0.6 is 12.2 Å². The zero-order chi connectivity index (χ0) is 14.7. The predicted octanol–water partition coefficient (Wildman–Crippen LogP) is 2.92. The average Bonchev–Trinajstić information content (AvgIpc) is 2.71. The summed E-state index contributed by atoms with van der Waals surface area (Å²) in [4.78, 5) is 0. The van der Waals surface area contributed by atoms with Gasteiger partial charge in [0.1, 0.15) is 5.82 Å². The van der Waals surface area contributed by atoms with E-state index >= 15 is 0 Å². The van der Waals surface area contributed by atoms with Crippen LogP contribution in [0.25, 0.3) is 0 Å². The van der Waals surface area contributed by atoms with Gasteiger partial charge >= 0.3 is 0 Å². The van der Waals surface area contributed by atoms with Crippen LogP contribution in [0.15, 0.2) is 30.5 Å². The van der Waals surface area contributed by atoms with Gasteiger partial charge in [0.25, 0.3) is 0 Å². The fourth-order valence-corrected chi connectivity index (χ4v) is 2.33. The number of nitrogens with zero attached hydrogens (tertiary/aromatic N) is 2. The number of para-hydroxylation sites is 1. The number of anilines is 1. The van der Waals surface area contributed by atoms with Crippen LogP contribution < -0.4 is 10.6 Å². The minimum atomic E-state index is -0.332. The van der Waals surface area contributed by atoms with Crippen molar-refractivity contribution in [3.63, 3.8) is 0 Å². The molecule has 0 bridgehead atoms. The van der Waals surface area contributed by atoms with E-state index in [2.05, 4.69) is 15.7 Å². The van der Waals surface area contributed by atoms with Gasteiger partial charge in [-0.25, -0.2) is 4.39 Å². The van der Waals surface area contributed by atoms with Crippen LogP contribution in [0.5, 0.6) is 0 Å². The maximum Gasteiger partial charge on any atom is 0.171 e. The van der Waals surface area contributed by atoms with E-state index in [1.54, 1.807) is 22.9 Å². The fourth-order valence-electron chi connectivity index (χ4n) is 2.04. The molecule has 1 aromatic heterocycles. The van der Waals surface area contributed by atoms with E-state index in [-0.39, 0.29) is 11.9 Å². The largest absolute Gasteiger partial charge is 0.356 e. The number of aromatic nitrogens is 2. The molecule has 1 atom stereocenters. The lowest BCUT2D eigenvalue weighted by molar-refractivity contribution is 0.631. The Labute approximate surface area is 123 Å². The summed E-state index contributed by atoms with van der Waals surface area (Å²) in [6.45, 7) is 3.93. The third-order valence-electron chi connectivity index (χ3n) is 2.99. The third kappa shape index (κ3) is 3.33. The van der Waals surface area contributed by atoms with Gasteiger partial charge in [-0.2, -0.15) is 5.10 Å². The van der Waals surface area contributed by atoms with E-state index < -0.39 is 0 Å². The molecule has 2 aromatic rings. The normalized spacial score (nSPS) is 12.0. The van der Waals surface area contributed by atoms with Crippen molar-refractivity contribution in [2.45, 2.75) is 19.9 Å². The third-order valence-corrected chi connectivity index (χ3v) is 3.21. The van der Waals surface area contributed by atoms with E-state index in [0.29, 0.717) is 10.8 Å². The van der Waals surface area contributed by atoms with E-state index in [4.69, 9.17) is 12.2 Å². The number of halogens is 1. The Morgan fingerprint density at radius 3 is 2.70 bits per heavy atom. The number of hydrogen-bond acceptors (Lipinski definition) is 2. The molecule has 2 rings (SSSR count). The Bertz CT molecular complexity index is 623. The molecule has 0 aliphatic rings. The van der Waals surface area contributed by atoms with Gasteiger partial charge in [-0.05, 0) is 38.2 Å². The number of aryl methyl sites for hydroxylation is 2. The van der Waals surface area contributed by atoms with Crippen molar-refractivity contribution in [2.24, 2.45) is 7.05 Å². The first-order valence-electron chi connectivity index (χ1n) is 6.29. The second kappa shape index (κ2) is 6.00. The molecule has 2 N–H and O–H groups in total. The number of hydrogen-bond donors (Lipinski definition) is 2. The maximum absolute atomic E-state index is 13.5. The van der Waals surface area contributed by atoms with E-state index in [1.165, 1.54) is 6.07 Å². The zero-order valence-electron chi connectivity index (χ0n) is 11.6. The lowest BCUT2D eigenvalue weighted by Crippen LogP contribution is -2.31. The predicted molar refractivity (Wildman–Crippen MR) is 82.1 cm³/mol. The standard InChI is InChI=1S/C14H17FN4S/c1-9(11-8-19(3)18-10(11)2)16-14(20)17-13-7-5-4-6-12(13)15/h4-9H,1-3H3,(H2,16,17,20). The lowest BCUT2D eigenvalue weighted by atomic mass is 10.1. The highest BCUT2D eigenvalue weighted by molar-refractivity contribution is 7.80. The molecule has 106 valence electrons. The SMILES string of the molecule is Cc1nn(C)cc1C(C)NC(=S)Nc1ccccc1F. The van der Waals surface area contributed by atoms with Gasteiger partial charge in [-0.1, -0.05) is 12.1 Å². The topological polar surface area (TPSA) is 41.9 Å². The van der Waals surface area contributed by atoms with Crippen LogP contribution in [0.2, 0.25) is 0 Å². The molecule has 4 nitrogen and oxygen atoms in total. The number of rotatable bonds is 3. The van der Waals surface area contributed by atoms with Crippen molar-refractivity contribution in [3.8, 4) is 0 Å². The molecule has 6 heteroatoms. The van der Waals surface area contributed by atoms with Crippen LogP contribution in [-0.4, -0.2) is 14.9 Å². The van der Waals surface area contributed by atoms with Crippen molar-refractivity contribution in [2.75, 3.05) is 5.32 Å². The summed E-state index contributed by atoms with van der Waals surface area (Å²) in [5, 5.41) is 10.7. The van der Waals surface area contributed by atoms with Gasteiger partial charge in [-0.15, -0.1) is 0 Å². The Kier molecular flexibility index (Phi) is 4.34. The Balaban J connectivity index is 2.01. The molecule has 1 aromatic carbocycles. The Morgan fingerprint density at radius 2 is 2.10 bits per heavy atom. The van der Waals surface area contributed by atoms with E-state index in [0.717, 1.165) is 11.3 Å². The fraction of sp³-hybridized carbons (Fsp3) is 0.286. The highest BCUT2D eigenvalue weighted by Gasteiger charge is 2.13. The summed E-state index contributed by atoms with van der Waals surface area (Å²) in [6.07, 6.45) is 1.94. The van der Waals surface area contributed by atoms with Crippen LogP contribution in [0.4, 0.5) is 10.1 Å². The lowest BCUT2D eigenvalue weighted by Gasteiger charge is -2.16. The highest BCUT2D eigenvalue weighted by atomic mass is 32.1. The molecule has 0 saturated heterocycles. The molecule has 1 unspecified atom stereocenters. The zero-order valence-corrected chi connectivity index (χ0v) is 12.5. The molecule has 0 spiro atoms. The number of thiocarbonyl (C=S) groups is 1. The summed E-state index contributed by atoms with van der Waals surface area (Å²) in [7, 11) is 1.87. The Hall–Kier alpha value is -1.95. The quantitative estimate of drug-likeness (QED) is 0.854. The number of benzene rings is 1. The summed E-state index contributed by atoms with van der Waals surface area (Å²) >= 11 is 5.21. The smallest absolute Gasteiger partial charge is 0.171 e. The van der Waals surface area contributed by atoms with Gasteiger partial charge in [-0.3, -0.25) is 4.68 Å². The van der Waals surface area contributed by atoms with E-state index in [9.17, 15) is 4.39 Å². The molecular weight excluding hydrogens is 275 g/mol. The van der Waals surface area contributed by atoms with Crippen molar-refractivity contribution in [1.82, 2.24) is 15.1 Å². The van der Waals surface area contributed by atoms with Crippen LogP contribution in [0, 0.1) is 12.7 Å². The second-order valence-electron chi connectivity index (χ2n) is 4.64. The van der Waals surface area contributed by atoms with E-state index in [1.807, 2.05) is 27.1 Å². The van der Waals surface area contributed by atoms with Crippen LogP contribution in [-0.2, 0) is 7.05 Å². The molecule has 0 amide bonds. The monoisotopic (exact) mass is 292 g/mol. The summed E-state index contributed by atoms with van der Waals surface area (Å²) in [6, 6.07) is 6.42. The minimum absolute atomic E-state index is 0.00419. The highest BCUT2D eigenvalue weighted by Crippen LogP contribution is 2.16. The van der Waals surface area contributed by atoms with Crippen molar-refractivity contribution < 1.29 is 4.39 Å². The van der Waals surface area contributed by atoms with Gasteiger partial charge in [0.05, 0.1) is 17.4 Å². The maximum atomic E-state index is 13.5.